The molecule has 0 aliphatic rings. The summed E-state index contributed by atoms with van der Waals surface area (Å²) in [6.45, 7) is 5.53. The van der Waals surface area contributed by atoms with Crippen molar-refractivity contribution in [1.29, 1.82) is 0 Å². The Morgan fingerprint density at radius 1 is 1.29 bits per heavy atom. The number of nitrogens with zero attached hydrogens (tertiary/aromatic N) is 4. The normalized spacial score (nSPS) is 13.0. The van der Waals surface area contributed by atoms with Gasteiger partial charge in [0.05, 0.1) is 11.1 Å². The summed E-state index contributed by atoms with van der Waals surface area (Å²) < 4.78 is 17.2. The Balaban J connectivity index is 2.38. The smallest absolute Gasteiger partial charge is 0.163 e. The number of aromatic nitrogens is 4. The monoisotopic (exact) mass is 306 g/mol. The molecule has 1 atom stereocenters. The van der Waals surface area contributed by atoms with Crippen molar-refractivity contribution < 1.29 is 4.39 Å². The van der Waals surface area contributed by atoms with Crippen LogP contribution in [0.4, 0.5) is 4.39 Å². The molecule has 2 heterocycles. The maximum Gasteiger partial charge on any atom is 0.163 e. The van der Waals surface area contributed by atoms with E-state index in [0.29, 0.717) is 5.56 Å². The highest BCUT2D eigenvalue weighted by molar-refractivity contribution is 6.20. The molecule has 4 nitrogen and oxygen atoms in total. The number of imidazole rings is 1. The molecule has 3 rings (SSSR count). The van der Waals surface area contributed by atoms with E-state index in [2.05, 4.69) is 10.1 Å². The van der Waals surface area contributed by atoms with E-state index in [1.807, 2.05) is 25.5 Å². The van der Waals surface area contributed by atoms with Gasteiger partial charge in [0.2, 0.25) is 0 Å². The molecule has 3 aromatic rings. The minimum atomic E-state index is -0.262. The van der Waals surface area contributed by atoms with Gasteiger partial charge in [0.15, 0.2) is 5.65 Å². The van der Waals surface area contributed by atoms with E-state index in [1.54, 1.807) is 23.7 Å². The van der Waals surface area contributed by atoms with Gasteiger partial charge in [0, 0.05) is 12.7 Å². The molecule has 0 amide bonds. The first kappa shape index (κ1) is 14.1. The summed E-state index contributed by atoms with van der Waals surface area (Å²) in [7, 11) is 1.87. The first-order chi connectivity index (χ1) is 9.90. The fourth-order valence-corrected chi connectivity index (χ4v) is 2.73. The Morgan fingerprint density at radius 2 is 2.00 bits per heavy atom. The summed E-state index contributed by atoms with van der Waals surface area (Å²) in [6, 6.07) is 4.98. The summed E-state index contributed by atoms with van der Waals surface area (Å²) >= 11 is 6.28. The van der Waals surface area contributed by atoms with Crippen molar-refractivity contribution in [2.75, 3.05) is 0 Å². The Morgan fingerprint density at radius 3 is 2.62 bits per heavy atom. The largest absolute Gasteiger partial charge is 0.280 e. The standard InChI is InChI=1S/C15H16ClFN4/c1-8-7-11(5-6-12(8)17)21-14(9(2)16)18-13-10(3)19-20(4)15(13)21/h5-7,9H,1-4H3. The van der Waals surface area contributed by atoms with E-state index >= 15 is 0 Å². The van der Waals surface area contributed by atoms with Gasteiger partial charge in [-0.1, -0.05) is 0 Å². The highest BCUT2D eigenvalue weighted by Gasteiger charge is 2.21. The molecule has 0 aliphatic carbocycles. The van der Waals surface area contributed by atoms with Gasteiger partial charge in [0.1, 0.15) is 17.2 Å². The molecule has 2 aromatic heterocycles. The molecule has 0 fully saturated rings. The molecule has 0 saturated carbocycles. The average Bonchev–Trinajstić information content (AvgIpc) is 2.93. The highest BCUT2D eigenvalue weighted by Crippen LogP contribution is 2.29. The fraction of sp³-hybridized carbons (Fsp3) is 0.333. The van der Waals surface area contributed by atoms with E-state index in [4.69, 9.17) is 11.6 Å². The van der Waals surface area contributed by atoms with Crippen LogP contribution in [-0.2, 0) is 7.05 Å². The SMILES string of the molecule is Cc1cc(-n2c(C(C)Cl)nc3c(C)nn(C)c32)ccc1F. The summed E-state index contributed by atoms with van der Waals surface area (Å²) in [5, 5.41) is 4.13. The van der Waals surface area contributed by atoms with Crippen molar-refractivity contribution in [3.05, 3.63) is 41.1 Å². The van der Waals surface area contributed by atoms with Crippen LogP contribution in [0.3, 0.4) is 0 Å². The molecule has 6 heteroatoms. The lowest BCUT2D eigenvalue weighted by Crippen LogP contribution is -2.06. The molecule has 0 bridgehead atoms. The quantitative estimate of drug-likeness (QED) is 0.675. The number of benzene rings is 1. The third-order valence-electron chi connectivity index (χ3n) is 3.58. The van der Waals surface area contributed by atoms with E-state index in [1.165, 1.54) is 6.07 Å². The van der Waals surface area contributed by atoms with Crippen LogP contribution in [-0.4, -0.2) is 19.3 Å². The number of hydrogen-bond acceptors (Lipinski definition) is 2. The Bertz CT molecular complexity index is 832. The zero-order valence-corrected chi connectivity index (χ0v) is 13.1. The maximum atomic E-state index is 13.5. The summed E-state index contributed by atoms with van der Waals surface area (Å²) in [5.74, 6) is 0.505. The van der Waals surface area contributed by atoms with E-state index in [0.717, 1.165) is 28.4 Å². The van der Waals surface area contributed by atoms with Crippen LogP contribution in [0.25, 0.3) is 16.9 Å². The molecule has 21 heavy (non-hydrogen) atoms. The number of alkyl halides is 1. The minimum Gasteiger partial charge on any atom is -0.280 e. The lowest BCUT2D eigenvalue weighted by Gasteiger charge is -2.12. The molecular weight excluding hydrogens is 291 g/mol. The molecule has 0 N–H and O–H groups in total. The Kier molecular flexibility index (Phi) is 3.24. The highest BCUT2D eigenvalue weighted by atomic mass is 35.5. The Hall–Kier alpha value is -1.88. The summed E-state index contributed by atoms with van der Waals surface area (Å²) in [4.78, 5) is 4.61. The van der Waals surface area contributed by atoms with Gasteiger partial charge in [-0.3, -0.25) is 4.57 Å². The van der Waals surface area contributed by atoms with Gasteiger partial charge >= 0.3 is 0 Å². The number of aryl methyl sites for hydroxylation is 3. The van der Waals surface area contributed by atoms with Crippen molar-refractivity contribution in [3.8, 4) is 5.69 Å². The van der Waals surface area contributed by atoms with Crippen LogP contribution >= 0.6 is 11.6 Å². The van der Waals surface area contributed by atoms with E-state index < -0.39 is 0 Å². The van der Waals surface area contributed by atoms with Crippen LogP contribution in [0, 0.1) is 19.7 Å². The molecule has 0 spiro atoms. The van der Waals surface area contributed by atoms with Crippen molar-refractivity contribution in [2.24, 2.45) is 7.05 Å². The molecule has 0 aliphatic heterocycles. The van der Waals surface area contributed by atoms with Gasteiger partial charge in [-0.2, -0.15) is 5.10 Å². The predicted octanol–water partition coefficient (Wildman–Crippen LogP) is 3.81. The number of halogens is 2. The molecule has 0 saturated heterocycles. The molecule has 110 valence electrons. The first-order valence-corrected chi connectivity index (χ1v) is 7.16. The number of hydrogen-bond donors (Lipinski definition) is 0. The van der Waals surface area contributed by atoms with Gasteiger partial charge in [-0.15, -0.1) is 11.6 Å². The number of rotatable bonds is 2. The van der Waals surface area contributed by atoms with Crippen LogP contribution < -0.4 is 0 Å². The van der Waals surface area contributed by atoms with E-state index in [-0.39, 0.29) is 11.2 Å². The topological polar surface area (TPSA) is 35.6 Å². The van der Waals surface area contributed by atoms with Crippen molar-refractivity contribution in [3.63, 3.8) is 0 Å². The number of fused-ring (bicyclic) bond motifs is 1. The second kappa shape index (κ2) is 4.84. The zero-order valence-electron chi connectivity index (χ0n) is 12.4. The molecule has 1 aromatic carbocycles. The average molecular weight is 307 g/mol. The minimum absolute atomic E-state index is 0.225. The van der Waals surface area contributed by atoms with Crippen LogP contribution in [0.1, 0.15) is 29.4 Å². The van der Waals surface area contributed by atoms with Gasteiger partial charge in [0.25, 0.3) is 0 Å². The van der Waals surface area contributed by atoms with Crippen molar-refractivity contribution in [2.45, 2.75) is 26.1 Å². The molecular formula is C15H16ClFN4. The lowest BCUT2D eigenvalue weighted by molar-refractivity contribution is 0.618. The van der Waals surface area contributed by atoms with Crippen molar-refractivity contribution in [1.82, 2.24) is 19.3 Å². The zero-order chi connectivity index (χ0) is 15.3. The Labute approximate surface area is 127 Å². The third-order valence-corrected chi connectivity index (χ3v) is 3.78. The van der Waals surface area contributed by atoms with Gasteiger partial charge < -0.3 is 0 Å². The van der Waals surface area contributed by atoms with Gasteiger partial charge in [-0.25, -0.2) is 14.1 Å². The summed E-state index contributed by atoms with van der Waals surface area (Å²) in [6.07, 6.45) is 0. The molecule has 1 unspecified atom stereocenters. The summed E-state index contributed by atoms with van der Waals surface area (Å²) in [5.41, 5.74) is 3.95. The third kappa shape index (κ3) is 2.12. The van der Waals surface area contributed by atoms with E-state index in [9.17, 15) is 4.39 Å². The predicted molar refractivity (Wildman–Crippen MR) is 81.5 cm³/mol. The fourth-order valence-electron chi connectivity index (χ4n) is 2.58. The second-order valence-corrected chi connectivity index (χ2v) is 5.89. The van der Waals surface area contributed by atoms with Crippen molar-refractivity contribution >= 4 is 22.8 Å². The molecule has 0 radical (unpaired) electrons. The van der Waals surface area contributed by atoms with Crippen LogP contribution in [0.15, 0.2) is 18.2 Å². The first-order valence-electron chi connectivity index (χ1n) is 6.72. The lowest BCUT2D eigenvalue weighted by atomic mass is 10.2. The van der Waals surface area contributed by atoms with Crippen LogP contribution in [0.2, 0.25) is 0 Å². The second-order valence-electron chi connectivity index (χ2n) is 5.24. The maximum absolute atomic E-state index is 13.5. The van der Waals surface area contributed by atoms with Gasteiger partial charge in [-0.05, 0) is 44.5 Å². The van der Waals surface area contributed by atoms with Crippen LogP contribution in [0.5, 0.6) is 0 Å².